The van der Waals surface area contributed by atoms with Crippen LogP contribution in [-0.4, -0.2) is 42.7 Å². The summed E-state index contributed by atoms with van der Waals surface area (Å²) in [5, 5.41) is 9.59. The van der Waals surface area contributed by atoms with E-state index in [0.29, 0.717) is 24.4 Å². The average molecular weight is 331 g/mol. The number of sulfone groups is 1. The van der Waals surface area contributed by atoms with Gasteiger partial charge in [-0.25, -0.2) is 23.4 Å². The fourth-order valence-electron chi connectivity index (χ4n) is 2.76. The van der Waals surface area contributed by atoms with E-state index in [4.69, 9.17) is 5.26 Å². The molecule has 2 aromatic heterocycles. The van der Waals surface area contributed by atoms with Gasteiger partial charge in [0.15, 0.2) is 5.82 Å². The molecule has 8 heteroatoms. The molecular weight excluding hydrogens is 314 g/mol. The lowest BCUT2D eigenvalue weighted by molar-refractivity contribution is 0.485. The lowest BCUT2D eigenvalue weighted by atomic mass is 9.98. The Balaban J connectivity index is 2.10. The summed E-state index contributed by atoms with van der Waals surface area (Å²) in [4.78, 5) is 14.8. The highest BCUT2D eigenvalue weighted by atomic mass is 32.2. The van der Waals surface area contributed by atoms with Crippen LogP contribution < -0.4 is 4.90 Å². The van der Waals surface area contributed by atoms with Crippen molar-refractivity contribution in [3.63, 3.8) is 0 Å². The van der Waals surface area contributed by atoms with Crippen LogP contribution in [0.25, 0.3) is 10.9 Å². The monoisotopic (exact) mass is 331 g/mol. The highest BCUT2D eigenvalue weighted by Gasteiger charge is 2.23. The van der Waals surface area contributed by atoms with Crippen molar-refractivity contribution in [2.75, 3.05) is 24.2 Å². The second-order valence-electron chi connectivity index (χ2n) is 5.84. The van der Waals surface area contributed by atoms with Crippen LogP contribution >= 0.6 is 0 Å². The summed E-state index contributed by atoms with van der Waals surface area (Å²) < 4.78 is 23.4. The molecule has 0 bridgehead atoms. The number of anilines is 1. The van der Waals surface area contributed by atoms with Gasteiger partial charge in [0.2, 0.25) is 15.0 Å². The molecule has 2 aromatic rings. The van der Waals surface area contributed by atoms with Gasteiger partial charge in [-0.2, -0.15) is 5.26 Å². The first-order valence-corrected chi connectivity index (χ1v) is 9.26. The van der Waals surface area contributed by atoms with Gasteiger partial charge in [0.1, 0.15) is 5.52 Å². The number of nitriles is 1. The number of nitrogens with zero attached hydrogens (tertiary/aromatic N) is 5. The van der Waals surface area contributed by atoms with Gasteiger partial charge in [-0.15, -0.1) is 0 Å². The predicted octanol–water partition coefficient (Wildman–Crippen LogP) is 1.48. The summed E-state index contributed by atoms with van der Waals surface area (Å²) in [7, 11) is -3.48. The SMILES string of the molecule is Cc1cc2cnc(S(C)(=O)=O)nc2c(N2CCC(C#N)CC2)n1. The van der Waals surface area contributed by atoms with Gasteiger partial charge < -0.3 is 4.90 Å². The quantitative estimate of drug-likeness (QED) is 0.768. The minimum Gasteiger partial charge on any atom is -0.355 e. The van der Waals surface area contributed by atoms with Crippen molar-refractivity contribution in [3.8, 4) is 6.07 Å². The lowest BCUT2D eigenvalue weighted by Crippen LogP contribution is -2.34. The molecule has 7 nitrogen and oxygen atoms in total. The molecule has 0 spiro atoms. The van der Waals surface area contributed by atoms with Crippen LogP contribution in [0.5, 0.6) is 0 Å². The Hall–Kier alpha value is -2.27. The summed E-state index contributed by atoms with van der Waals surface area (Å²) >= 11 is 0. The normalized spacial score (nSPS) is 16.5. The second-order valence-corrected chi connectivity index (χ2v) is 7.75. The summed E-state index contributed by atoms with van der Waals surface area (Å²) in [6.45, 7) is 3.30. The summed E-state index contributed by atoms with van der Waals surface area (Å²) in [6, 6.07) is 4.14. The van der Waals surface area contributed by atoms with Crippen LogP contribution in [0.4, 0.5) is 5.82 Å². The summed E-state index contributed by atoms with van der Waals surface area (Å²) in [5.74, 6) is 0.743. The van der Waals surface area contributed by atoms with Gasteiger partial charge in [0, 0.05) is 42.5 Å². The Morgan fingerprint density at radius 1 is 1.30 bits per heavy atom. The first kappa shape index (κ1) is 15.6. The standard InChI is InChI=1S/C15H17N5O2S/c1-10-7-12-9-17-15(23(2,21)22)19-13(12)14(18-10)20-5-3-11(8-16)4-6-20/h7,9,11H,3-6H2,1-2H3. The van der Waals surface area contributed by atoms with E-state index in [2.05, 4.69) is 25.9 Å². The van der Waals surface area contributed by atoms with Crippen molar-refractivity contribution in [3.05, 3.63) is 18.0 Å². The Morgan fingerprint density at radius 3 is 2.61 bits per heavy atom. The van der Waals surface area contributed by atoms with E-state index in [-0.39, 0.29) is 11.1 Å². The van der Waals surface area contributed by atoms with E-state index in [1.54, 1.807) is 0 Å². The fourth-order valence-corrected chi connectivity index (χ4v) is 3.26. The molecule has 23 heavy (non-hydrogen) atoms. The molecular formula is C15H17N5O2S. The third kappa shape index (κ3) is 3.10. The Morgan fingerprint density at radius 2 is 2.00 bits per heavy atom. The molecule has 0 aliphatic carbocycles. The Bertz CT molecular complexity index is 896. The number of piperidine rings is 1. The minimum absolute atomic E-state index is 0.0727. The average Bonchev–Trinajstić information content (AvgIpc) is 2.53. The largest absolute Gasteiger partial charge is 0.355 e. The van der Waals surface area contributed by atoms with Crippen LogP contribution in [0.2, 0.25) is 0 Å². The molecule has 0 aromatic carbocycles. The van der Waals surface area contributed by atoms with E-state index in [0.717, 1.165) is 30.2 Å². The topological polar surface area (TPSA) is 99.8 Å². The molecule has 0 saturated carbocycles. The molecule has 1 aliphatic heterocycles. The Kier molecular flexibility index (Phi) is 3.90. The maximum Gasteiger partial charge on any atom is 0.247 e. The van der Waals surface area contributed by atoms with Gasteiger partial charge in [-0.3, -0.25) is 0 Å². The maximum atomic E-state index is 11.7. The molecule has 3 heterocycles. The van der Waals surface area contributed by atoms with Gasteiger partial charge in [0.05, 0.1) is 6.07 Å². The van der Waals surface area contributed by atoms with Crippen molar-refractivity contribution >= 4 is 26.6 Å². The molecule has 0 atom stereocenters. The number of hydrogen-bond acceptors (Lipinski definition) is 7. The van der Waals surface area contributed by atoms with Crippen molar-refractivity contribution < 1.29 is 8.42 Å². The third-order valence-corrected chi connectivity index (χ3v) is 4.82. The van der Waals surface area contributed by atoms with E-state index in [9.17, 15) is 8.42 Å². The van der Waals surface area contributed by atoms with Crippen molar-refractivity contribution in [1.82, 2.24) is 15.0 Å². The van der Waals surface area contributed by atoms with Crippen LogP contribution in [-0.2, 0) is 9.84 Å². The predicted molar refractivity (Wildman–Crippen MR) is 85.7 cm³/mol. The minimum atomic E-state index is -3.48. The maximum absolute atomic E-state index is 11.7. The molecule has 0 amide bonds. The van der Waals surface area contributed by atoms with Crippen molar-refractivity contribution in [2.24, 2.45) is 5.92 Å². The molecule has 1 aliphatic rings. The van der Waals surface area contributed by atoms with Crippen LogP contribution in [0, 0.1) is 24.2 Å². The van der Waals surface area contributed by atoms with Gasteiger partial charge in [-0.1, -0.05) is 0 Å². The second kappa shape index (κ2) is 5.74. The first-order valence-electron chi connectivity index (χ1n) is 7.37. The third-order valence-electron chi connectivity index (χ3n) is 3.96. The molecule has 0 N–H and O–H groups in total. The van der Waals surface area contributed by atoms with Crippen molar-refractivity contribution in [1.29, 1.82) is 5.26 Å². The first-order chi connectivity index (χ1) is 10.9. The number of aromatic nitrogens is 3. The van der Waals surface area contributed by atoms with E-state index in [1.807, 2.05) is 13.0 Å². The highest BCUT2D eigenvalue weighted by molar-refractivity contribution is 7.90. The number of hydrogen-bond donors (Lipinski definition) is 0. The van der Waals surface area contributed by atoms with E-state index < -0.39 is 9.84 Å². The molecule has 120 valence electrons. The number of pyridine rings is 1. The van der Waals surface area contributed by atoms with E-state index >= 15 is 0 Å². The smallest absolute Gasteiger partial charge is 0.247 e. The zero-order valence-electron chi connectivity index (χ0n) is 13.0. The van der Waals surface area contributed by atoms with E-state index in [1.165, 1.54) is 6.20 Å². The Labute approximate surface area is 134 Å². The summed E-state index contributed by atoms with van der Waals surface area (Å²) in [5.41, 5.74) is 1.37. The zero-order chi connectivity index (χ0) is 16.6. The van der Waals surface area contributed by atoms with Crippen LogP contribution in [0.3, 0.4) is 0 Å². The van der Waals surface area contributed by atoms with Crippen molar-refractivity contribution in [2.45, 2.75) is 24.9 Å². The number of rotatable bonds is 2. The van der Waals surface area contributed by atoms with Gasteiger partial charge in [0.25, 0.3) is 0 Å². The van der Waals surface area contributed by atoms with Gasteiger partial charge in [-0.05, 0) is 25.8 Å². The van der Waals surface area contributed by atoms with Gasteiger partial charge >= 0.3 is 0 Å². The molecule has 3 rings (SSSR count). The molecule has 1 saturated heterocycles. The highest BCUT2D eigenvalue weighted by Crippen LogP contribution is 2.28. The lowest BCUT2D eigenvalue weighted by Gasteiger charge is -2.30. The molecule has 0 unspecified atom stereocenters. The zero-order valence-corrected chi connectivity index (χ0v) is 13.8. The molecule has 1 fully saturated rings. The van der Waals surface area contributed by atoms with Crippen LogP contribution in [0.15, 0.2) is 17.4 Å². The summed E-state index contributed by atoms with van der Waals surface area (Å²) in [6.07, 6.45) is 4.17. The number of aryl methyl sites for hydroxylation is 1. The molecule has 0 radical (unpaired) electrons. The van der Waals surface area contributed by atoms with Crippen LogP contribution in [0.1, 0.15) is 18.5 Å². The fraction of sp³-hybridized carbons (Fsp3) is 0.467. The number of fused-ring (bicyclic) bond motifs is 1.